The maximum atomic E-state index is 6.08. The third-order valence-corrected chi connectivity index (χ3v) is 4.36. The average molecular weight is 442 g/mol. The first-order chi connectivity index (χ1) is 10.6. The van der Waals surface area contributed by atoms with Crippen molar-refractivity contribution in [2.75, 3.05) is 13.6 Å². The Bertz CT molecular complexity index is 688. The predicted octanol–water partition coefficient (Wildman–Crippen LogP) is 4.40. The Kier molecular flexibility index (Phi) is 6.30. The molecule has 1 aliphatic heterocycles. The zero-order valence-electron chi connectivity index (χ0n) is 13.3. The van der Waals surface area contributed by atoms with E-state index in [-0.39, 0.29) is 30.0 Å². The van der Waals surface area contributed by atoms with Crippen LogP contribution in [0.5, 0.6) is 0 Å². The minimum atomic E-state index is 0. The summed E-state index contributed by atoms with van der Waals surface area (Å²) in [6.45, 7) is 3.62. The number of hydrogen-bond donors (Lipinski definition) is 1. The van der Waals surface area contributed by atoms with Gasteiger partial charge in [0.05, 0.1) is 12.6 Å². The SMILES string of the molecule is Cc1cc(CN(C)C2=NCC(c3ccccc3)N2)ccc1Cl.I. The van der Waals surface area contributed by atoms with Crippen LogP contribution in [0.4, 0.5) is 0 Å². The molecule has 1 heterocycles. The summed E-state index contributed by atoms with van der Waals surface area (Å²) in [4.78, 5) is 6.78. The smallest absolute Gasteiger partial charge is 0.194 e. The molecule has 3 nitrogen and oxygen atoms in total. The molecule has 0 aliphatic carbocycles. The van der Waals surface area contributed by atoms with E-state index < -0.39 is 0 Å². The molecule has 1 atom stereocenters. The zero-order chi connectivity index (χ0) is 15.5. The third kappa shape index (κ3) is 4.38. The number of nitrogens with one attached hydrogen (secondary N) is 1. The standard InChI is InChI=1S/C18H20ClN3.HI/c1-13-10-14(8-9-16(13)19)12-22(2)18-20-11-17(21-18)15-6-4-3-5-7-15;/h3-10,17H,11-12H2,1-2H3,(H,20,21);1H. The first-order valence-electron chi connectivity index (χ1n) is 7.45. The minimum Gasteiger partial charge on any atom is -0.348 e. The number of benzene rings is 2. The predicted molar refractivity (Wildman–Crippen MR) is 108 cm³/mol. The highest BCUT2D eigenvalue weighted by molar-refractivity contribution is 14.0. The van der Waals surface area contributed by atoms with Crippen LogP contribution in [0.1, 0.15) is 22.7 Å². The second-order valence-corrected chi connectivity index (χ2v) is 6.12. The van der Waals surface area contributed by atoms with Gasteiger partial charge in [-0.25, -0.2) is 0 Å². The highest BCUT2D eigenvalue weighted by Crippen LogP contribution is 2.20. The van der Waals surface area contributed by atoms with Crippen molar-refractivity contribution in [2.24, 2.45) is 4.99 Å². The van der Waals surface area contributed by atoms with E-state index in [0.29, 0.717) is 0 Å². The van der Waals surface area contributed by atoms with Crippen molar-refractivity contribution in [2.45, 2.75) is 19.5 Å². The first kappa shape index (κ1) is 18.1. The van der Waals surface area contributed by atoms with Crippen LogP contribution in [0.15, 0.2) is 53.5 Å². The van der Waals surface area contributed by atoms with Crippen molar-refractivity contribution < 1.29 is 0 Å². The molecule has 0 saturated carbocycles. The van der Waals surface area contributed by atoms with Gasteiger partial charge in [-0.15, -0.1) is 24.0 Å². The van der Waals surface area contributed by atoms with Gasteiger partial charge in [-0.05, 0) is 29.7 Å². The van der Waals surface area contributed by atoms with Gasteiger partial charge in [0, 0.05) is 18.6 Å². The summed E-state index contributed by atoms with van der Waals surface area (Å²) in [6, 6.07) is 16.9. The van der Waals surface area contributed by atoms with E-state index in [1.807, 2.05) is 19.1 Å². The van der Waals surface area contributed by atoms with E-state index >= 15 is 0 Å². The van der Waals surface area contributed by atoms with Crippen molar-refractivity contribution in [1.29, 1.82) is 0 Å². The van der Waals surface area contributed by atoms with Crippen LogP contribution in [-0.4, -0.2) is 24.5 Å². The van der Waals surface area contributed by atoms with Gasteiger partial charge in [-0.1, -0.05) is 54.1 Å². The summed E-state index contributed by atoms with van der Waals surface area (Å²) in [7, 11) is 2.06. The minimum absolute atomic E-state index is 0. The molecule has 0 amide bonds. The summed E-state index contributed by atoms with van der Waals surface area (Å²) < 4.78 is 0. The molecule has 1 N–H and O–H groups in total. The molecule has 0 aromatic heterocycles. The molecule has 0 bridgehead atoms. The lowest BCUT2D eigenvalue weighted by molar-refractivity contribution is 0.480. The van der Waals surface area contributed by atoms with Gasteiger partial charge in [0.25, 0.3) is 0 Å². The van der Waals surface area contributed by atoms with Gasteiger partial charge in [0.15, 0.2) is 5.96 Å². The number of nitrogens with zero attached hydrogens (tertiary/aromatic N) is 2. The van der Waals surface area contributed by atoms with Crippen molar-refractivity contribution in [1.82, 2.24) is 10.2 Å². The summed E-state index contributed by atoms with van der Waals surface area (Å²) in [5.41, 5.74) is 3.62. The van der Waals surface area contributed by atoms with Crippen LogP contribution in [0.3, 0.4) is 0 Å². The van der Waals surface area contributed by atoms with Gasteiger partial charge >= 0.3 is 0 Å². The molecule has 122 valence electrons. The van der Waals surface area contributed by atoms with E-state index in [1.165, 1.54) is 11.1 Å². The quantitative estimate of drug-likeness (QED) is 0.715. The lowest BCUT2D eigenvalue weighted by Crippen LogP contribution is -2.36. The van der Waals surface area contributed by atoms with Gasteiger partial charge < -0.3 is 10.2 Å². The van der Waals surface area contributed by atoms with Gasteiger partial charge in [0.1, 0.15) is 0 Å². The van der Waals surface area contributed by atoms with E-state index in [2.05, 4.69) is 58.7 Å². The van der Waals surface area contributed by atoms with Gasteiger partial charge in [-0.2, -0.15) is 0 Å². The Hall–Kier alpha value is -1.27. The summed E-state index contributed by atoms with van der Waals surface area (Å²) in [5.74, 6) is 0.946. The monoisotopic (exact) mass is 441 g/mol. The molecule has 23 heavy (non-hydrogen) atoms. The molecule has 2 aromatic rings. The Labute approximate surface area is 159 Å². The van der Waals surface area contributed by atoms with Crippen LogP contribution in [-0.2, 0) is 6.54 Å². The number of hydrogen-bond acceptors (Lipinski definition) is 3. The Morgan fingerprint density at radius 2 is 1.96 bits per heavy atom. The molecule has 0 fully saturated rings. The van der Waals surface area contributed by atoms with Crippen molar-refractivity contribution in [3.8, 4) is 0 Å². The maximum absolute atomic E-state index is 6.08. The van der Waals surface area contributed by atoms with Crippen molar-refractivity contribution in [3.05, 3.63) is 70.2 Å². The number of guanidine groups is 1. The topological polar surface area (TPSA) is 27.6 Å². The first-order valence-corrected chi connectivity index (χ1v) is 7.83. The van der Waals surface area contributed by atoms with Crippen LogP contribution < -0.4 is 5.32 Å². The van der Waals surface area contributed by atoms with Crippen LogP contribution in [0, 0.1) is 6.92 Å². The van der Waals surface area contributed by atoms with E-state index in [0.717, 1.165) is 29.6 Å². The molecule has 0 saturated heterocycles. The molecule has 5 heteroatoms. The second kappa shape index (κ2) is 8.02. The Morgan fingerprint density at radius 1 is 1.22 bits per heavy atom. The molecule has 1 aliphatic rings. The maximum Gasteiger partial charge on any atom is 0.194 e. The average Bonchev–Trinajstić information content (AvgIpc) is 3.02. The lowest BCUT2D eigenvalue weighted by atomic mass is 10.1. The highest BCUT2D eigenvalue weighted by atomic mass is 127. The van der Waals surface area contributed by atoms with Gasteiger partial charge in [-0.3, -0.25) is 4.99 Å². The largest absolute Gasteiger partial charge is 0.348 e. The van der Waals surface area contributed by atoms with Crippen LogP contribution in [0.2, 0.25) is 5.02 Å². The van der Waals surface area contributed by atoms with E-state index in [9.17, 15) is 0 Å². The summed E-state index contributed by atoms with van der Waals surface area (Å²) >= 11 is 6.08. The zero-order valence-corrected chi connectivity index (χ0v) is 16.4. The Balaban J connectivity index is 0.00000192. The highest BCUT2D eigenvalue weighted by Gasteiger charge is 2.21. The number of aryl methyl sites for hydroxylation is 1. The number of rotatable bonds is 3. The van der Waals surface area contributed by atoms with Crippen LogP contribution in [0.25, 0.3) is 0 Å². The van der Waals surface area contributed by atoms with E-state index in [1.54, 1.807) is 0 Å². The second-order valence-electron chi connectivity index (χ2n) is 5.71. The molecule has 2 aromatic carbocycles. The molecule has 3 rings (SSSR count). The number of aliphatic imine (C=N–C) groups is 1. The summed E-state index contributed by atoms with van der Waals surface area (Å²) in [6.07, 6.45) is 0. The van der Waals surface area contributed by atoms with Gasteiger partial charge in [0.2, 0.25) is 0 Å². The molecule has 0 spiro atoms. The molecular weight excluding hydrogens is 421 g/mol. The number of halogens is 2. The Morgan fingerprint density at radius 3 is 2.65 bits per heavy atom. The molecule has 0 radical (unpaired) electrons. The molecule has 1 unspecified atom stereocenters. The fourth-order valence-corrected chi connectivity index (χ4v) is 2.80. The van der Waals surface area contributed by atoms with E-state index in [4.69, 9.17) is 11.6 Å². The summed E-state index contributed by atoms with van der Waals surface area (Å²) in [5, 5.41) is 4.32. The van der Waals surface area contributed by atoms with Crippen molar-refractivity contribution in [3.63, 3.8) is 0 Å². The fourth-order valence-electron chi connectivity index (χ4n) is 2.68. The fraction of sp³-hybridized carbons (Fsp3) is 0.278. The third-order valence-electron chi connectivity index (χ3n) is 3.93. The van der Waals surface area contributed by atoms with Crippen molar-refractivity contribution >= 4 is 41.5 Å². The lowest BCUT2D eigenvalue weighted by Gasteiger charge is -2.21. The molecular formula is C18H21ClIN3. The normalized spacial score (nSPS) is 16.3. The van der Waals surface area contributed by atoms with Crippen LogP contribution >= 0.6 is 35.6 Å².